The number of aromatic nitrogens is 5. The Balaban J connectivity index is 1.49. The third kappa shape index (κ3) is 3.51. The number of hydrogen-bond acceptors (Lipinski definition) is 4. The highest BCUT2D eigenvalue weighted by Crippen LogP contribution is 2.21. The fraction of sp³-hybridized carbons (Fsp3) is 0.0435. The van der Waals surface area contributed by atoms with Gasteiger partial charge in [0.15, 0.2) is 0 Å². The highest BCUT2D eigenvalue weighted by atomic mass is 16.4. The van der Waals surface area contributed by atoms with Gasteiger partial charge in [0.1, 0.15) is 5.52 Å². The summed E-state index contributed by atoms with van der Waals surface area (Å²) in [5, 5.41) is 13.0. The molecule has 152 valence electrons. The maximum atomic E-state index is 12.8. The number of nitrogens with one attached hydrogen (secondary N) is 1. The predicted octanol–water partition coefficient (Wildman–Crippen LogP) is 3.32. The van der Waals surface area contributed by atoms with Crippen molar-refractivity contribution in [3.8, 4) is 17.1 Å². The van der Waals surface area contributed by atoms with E-state index in [0.29, 0.717) is 17.6 Å². The highest BCUT2D eigenvalue weighted by Gasteiger charge is 2.13. The van der Waals surface area contributed by atoms with Crippen LogP contribution in [-0.2, 0) is 6.54 Å². The van der Waals surface area contributed by atoms with E-state index in [2.05, 4.69) is 39.3 Å². The maximum Gasteiger partial charge on any atom is 0.338 e. The van der Waals surface area contributed by atoms with E-state index in [1.807, 2.05) is 41.1 Å². The molecule has 3 aromatic heterocycles. The number of H-pyrrole nitrogens is 1. The molecule has 0 saturated carbocycles. The van der Waals surface area contributed by atoms with Crippen LogP contribution in [0, 0.1) is 0 Å². The van der Waals surface area contributed by atoms with Gasteiger partial charge in [-0.3, -0.25) is 9.78 Å². The molecule has 0 aliphatic rings. The van der Waals surface area contributed by atoms with Crippen molar-refractivity contribution in [2.24, 2.45) is 0 Å². The van der Waals surface area contributed by atoms with Crippen LogP contribution in [0.1, 0.15) is 15.9 Å². The summed E-state index contributed by atoms with van der Waals surface area (Å²) < 4.78 is 3.09. The smallest absolute Gasteiger partial charge is 0.338 e. The average Bonchev–Trinajstić information content (AvgIpc) is 3.43. The van der Waals surface area contributed by atoms with E-state index < -0.39 is 5.97 Å². The monoisotopic (exact) mass is 411 g/mol. The summed E-state index contributed by atoms with van der Waals surface area (Å²) in [4.78, 5) is 31.0. The second-order valence-electron chi connectivity index (χ2n) is 7.11. The van der Waals surface area contributed by atoms with E-state index in [4.69, 9.17) is 5.11 Å². The lowest BCUT2D eigenvalue weighted by Crippen LogP contribution is -2.16. The summed E-state index contributed by atoms with van der Waals surface area (Å²) in [7, 11) is 0. The third-order valence-electron chi connectivity index (χ3n) is 5.04. The van der Waals surface area contributed by atoms with E-state index in [0.717, 1.165) is 16.7 Å². The van der Waals surface area contributed by atoms with Gasteiger partial charge in [-0.15, -0.1) is 0 Å². The molecular weight excluding hydrogens is 394 g/mol. The van der Waals surface area contributed by atoms with Gasteiger partial charge in [-0.05, 0) is 28.8 Å². The minimum absolute atomic E-state index is 0.0126. The normalized spacial score (nSPS) is 11.1. The van der Waals surface area contributed by atoms with Gasteiger partial charge < -0.3 is 9.67 Å². The van der Waals surface area contributed by atoms with Crippen LogP contribution in [0.4, 0.5) is 0 Å². The standard InChI is InChI=1S/C23H17N5O3/c29-21-20-19(25-23(26-21)28-14-18(12-24-28)22(30)31)9-10-27(20)13-15-5-4-8-17(11-15)16-6-2-1-3-7-16/h1-12,14H,13H2,(H,30,31)(H,25,26,29). The maximum absolute atomic E-state index is 12.8. The SMILES string of the molecule is O=C(O)c1cnn(-c2nc3ccn(Cc4cccc(-c5ccccc5)c4)c3c(=O)[nH]2)c1. The summed E-state index contributed by atoms with van der Waals surface area (Å²) in [5.41, 5.74) is 3.93. The van der Waals surface area contributed by atoms with Gasteiger partial charge >= 0.3 is 5.97 Å². The molecule has 0 saturated heterocycles. The van der Waals surface area contributed by atoms with E-state index in [9.17, 15) is 9.59 Å². The second-order valence-corrected chi connectivity index (χ2v) is 7.11. The molecule has 31 heavy (non-hydrogen) atoms. The molecule has 5 rings (SSSR count). The van der Waals surface area contributed by atoms with Gasteiger partial charge in [0.2, 0.25) is 5.95 Å². The number of carboxylic acid groups (broad SMARTS) is 1. The van der Waals surface area contributed by atoms with Crippen LogP contribution in [0.5, 0.6) is 0 Å². The Kier molecular flexibility index (Phi) is 4.44. The van der Waals surface area contributed by atoms with Crippen molar-refractivity contribution in [3.63, 3.8) is 0 Å². The Morgan fingerprint density at radius 3 is 2.61 bits per heavy atom. The number of benzene rings is 2. The Morgan fingerprint density at radius 2 is 1.84 bits per heavy atom. The molecule has 2 aromatic carbocycles. The third-order valence-corrected chi connectivity index (χ3v) is 5.04. The molecule has 0 aliphatic heterocycles. The molecule has 0 atom stereocenters. The van der Waals surface area contributed by atoms with Crippen LogP contribution in [0.3, 0.4) is 0 Å². The van der Waals surface area contributed by atoms with Crippen molar-refractivity contribution in [3.05, 3.63) is 101 Å². The Bertz CT molecular complexity index is 1460. The van der Waals surface area contributed by atoms with Gasteiger partial charge in [-0.25, -0.2) is 14.5 Å². The Labute approximate surface area is 176 Å². The lowest BCUT2D eigenvalue weighted by molar-refractivity contribution is 0.0697. The summed E-state index contributed by atoms with van der Waals surface area (Å²) in [6, 6.07) is 20.1. The summed E-state index contributed by atoms with van der Waals surface area (Å²) >= 11 is 0. The number of aromatic amines is 1. The molecule has 0 fully saturated rings. The average molecular weight is 411 g/mol. The molecule has 8 heteroatoms. The van der Waals surface area contributed by atoms with E-state index in [1.54, 1.807) is 6.07 Å². The summed E-state index contributed by atoms with van der Waals surface area (Å²) in [6.45, 7) is 0.513. The van der Waals surface area contributed by atoms with Crippen molar-refractivity contribution in [2.75, 3.05) is 0 Å². The van der Waals surface area contributed by atoms with Crippen molar-refractivity contribution in [1.82, 2.24) is 24.3 Å². The van der Waals surface area contributed by atoms with Crippen LogP contribution >= 0.6 is 0 Å². The fourth-order valence-corrected chi connectivity index (χ4v) is 3.57. The quantitative estimate of drug-likeness (QED) is 0.461. The largest absolute Gasteiger partial charge is 0.478 e. The van der Waals surface area contributed by atoms with Gasteiger partial charge in [0.05, 0.1) is 17.3 Å². The molecule has 3 heterocycles. The number of aromatic carboxylic acids is 1. The van der Waals surface area contributed by atoms with Crippen molar-refractivity contribution in [2.45, 2.75) is 6.54 Å². The van der Waals surface area contributed by atoms with E-state index in [1.165, 1.54) is 17.1 Å². The first-order valence-electron chi connectivity index (χ1n) is 9.60. The topological polar surface area (TPSA) is 106 Å². The van der Waals surface area contributed by atoms with Crippen molar-refractivity contribution < 1.29 is 9.90 Å². The van der Waals surface area contributed by atoms with Crippen molar-refractivity contribution in [1.29, 1.82) is 0 Å². The van der Waals surface area contributed by atoms with Crippen LogP contribution in [0.15, 0.2) is 84.0 Å². The summed E-state index contributed by atoms with van der Waals surface area (Å²) in [5.74, 6) is -0.938. The van der Waals surface area contributed by atoms with E-state index in [-0.39, 0.29) is 17.1 Å². The number of rotatable bonds is 5. The minimum Gasteiger partial charge on any atom is -0.478 e. The first-order chi connectivity index (χ1) is 15.1. The van der Waals surface area contributed by atoms with Gasteiger partial charge in [-0.1, -0.05) is 48.5 Å². The van der Waals surface area contributed by atoms with Crippen LogP contribution < -0.4 is 5.56 Å². The molecule has 0 unspecified atom stereocenters. The number of hydrogen-bond donors (Lipinski definition) is 2. The van der Waals surface area contributed by atoms with Crippen LogP contribution in [0.25, 0.3) is 28.1 Å². The number of carboxylic acids is 1. The number of nitrogens with zero attached hydrogens (tertiary/aromatic N) is 4. The molecule has 0 bridgehead atoms. The predicted molar refractivity (Wildman–Crippen MR) is 115 cm³/mol. The minimum atomic E-state index is -1.10. The highest BCUT2D eigenvalue weighted by molar-refractivity contribution is 5.87. The first-order valence-corrected chi connectivity index (χ1v) is 9.60. The zero-order valence-electron chi connectivity index (χ0n) is 16.3. The summed E-state index contributed by atoms with van der Waals surface area (Å²) in [6.07, 6.45) is 4.33. The zero-order chi connectivity index (χ0) is 21.4. The molecule has 5 aromatic rings. The molecule has 0 aliphatic carbocycles. The van der Waals surface area contributed by atoms with E-state index >= 15 is 0 Å². The Morgan fingerprint density at radius 1 is 1.03 bits per heavy atom. The number of fused-ring (bicyclic) bond motifs is 1. The van der Waals surface area contributed by atoms with Gasteiger partial charge in [0, 0.05) is 18.9 Å². The molecule has 8 nitrogen and oxygen atoms in total. The Hall–Kier alpha value is -4.46. The lowest BCUT2D eigenvalue weighted by Gasteiger charge is -2.08. The zero-order valence-corrected chi connectivity index (χ0v) is 16.3. The van der Waals surface area contributed by atoms with Crippen LogP contribution in [-0.4, -0.2) is 35.4 Å². The molecule has 0 radical (unpaired) electrons. The molecule has 0 spiro atoms. The lowest BCUT2D eigenvalue weighted by atomic mass is 10.0. The molecular formula is C23H17N5O3. The number of carbonyl (C=O) groups is 1. The van der Waals surface area contributed by atoms with Gasteiger partial charge in [-0.2, -0.15) is 5.10 Å². The first kappa shape index (κ1) is 18.6. The fourth-order valence-electron chi connectivity index (χ4n) is 3.57. The van der Waals surface area contributed by atoms with Crippen molar-refractivity contribution >= 4 is 17.0 Å². The van der Waals surface area contributed by atoms with Gasteiger partial charge in [0.25, 0.3) is 5.56 Å². The second kappa shape index (κ2) is 7.42. The van der Waals surface area contributed by atoms with Crippen LogP contribution in [0.2, 0.25) is 0 Å². The molecule has 2 N–H and O–H groups in total. The molecule has 0 amide bonds.